The molecule has 0 bridgehead atoms. The number of amides is 1. The fourth-order valence-electron chi connectivity index (χ4n) is 4.13. The zero-order valence-electron chi connectivity index (χ0n) is 17.6. The van der Waals surface area contributed by atoms with Crippen LogP contribution in [0.1, 0.15) is 33.6 Å². The molecule has 1 aliphatic rings. The summed E-state index contributed by atoms with van der Waals surface area (Å²) in [5.74, 6) is 0.690. The molecule has 0 unspecified atom stereocenters. The highest BCUT2D eigenvalue weighted by atomic mass is 16.5. The van der Waals surface area contributed by atoms with E-state index in [1.54, 1.807) is 16.6 Å². The second-order valence-electron chi connectivity index (χ2n) is 8.50. The van der Waals surface area contributed by atoms with E-state index in [1.165, 1.54) is 6.20 Å². The Kier molecular flexibility index (Phi) is 6.12. The van der Waals surface area contributed by atoms with Crippen molar-refractivity contribution in [1.82, 2.24) is 19.4 Å². The summed E-state index contributed by atoms with van der Waals surface area (Å²) < 4.78 is 7.02. The Bertz CT molecular complexity index is 926. The SMILES string of the molecule is COc1ccc2ncc(=O)n(CCN3CCC(N(C(=O)O)C(C)(C)C)CC3)c2c1. The average Bonchev–Trinajstić information content (AvgIpc) is 2.66. The van der Waals surface area contributed by atoms with E-state index in [4.69, 9.17) is 4.74 Å². The molecule has 1 fully saturated rings. The van der Waals surface area contributed by atoms with Crippen LogP contribution in [0.15, 0.2) is 29.2 Å². The van der Waals surface area contributed by atoms with E-state index in [9.17, 15) is 14.7 Å². The molecule has 1 aromatic carbocycles. The summed E-state index contributed by atoms with van der Waals surface area (Å²) in [6, 6.07) is 5.54. The van der Waals surface area contributed by atoms with Gasteiger partial charge < -0.3 is 24.2 Å². The smallest absolute Gasteiger partial charge is 0.407 e. The van der Waals surface area contributed by atoms with Crippen molar-refractivity contribution in [2.75, 3.05) is 26.7 Å². The third-order valence-corrected chi connectivity index (χ3v) is 5.54. The molecule has 0 atom stereocenters. The van der Waals surface area contributed by atoms with Crippen molar-refractivity contribution >= 4 is 17.1 Å². The minimum atomic E-state index is -0.861. The number of carboxylic acid groups (broad SMARTS) is 1. The van der Waals surface area contributed by atoms with Crippen molar-refractivity contribution < 1.29 is 14.6 Å². The van der Waals surface area contributed by atoms with Crippen molar-refractivity contribution in [2.24, 2.45) is 0 Å². The number of hydrogen-bond donors (Lipinski definition) is 1. The Morgan fingerprint density at radius 1 is 1.28 bits per heavy atom. The molecule has 0 spiro atoms. The van der Waals surface area contributed by atoms with E-state index < -0.39 is 11.6 Å². The zero-order chi connectivity index (χ0) is 21.2. The van der Waals surface area contributed by atoms with E-state index in [0.717, 1.165) is 43.5 Å². The highest BCUT2D eigenvalue weighted by Gasteiger charge is 2.35. The average molecular weight is 402 g/mol. The number of ether oxygens (including phenoxy) is 1. The van der Waals surface area contributed by atoms with Gasteiger partial charge in [-0.2, -0.15) is 0 Å². The number of nitrogens with zero attached hydrogens (tertiary/aromatic N) is 4. The van der Waals surface area contributed by atoms with Crippen LogP contribution in [-0.2, 0) is 6.54 Å². The van der Waals surface area contributed by atoms with Gasteiger partial charge in [-0.05, 0) is 45.7 Å². The monoisotopic (exact) mass is 402 g/mol. The molecular formula is C21H30N4O4. The fraction of sp³-hybridized carbons (Fsp3) is 0.571. The minimum Gasteiger partial charge on any atom is -0.497 e. The number of benzene rings is 1. The molecule has 0 radical (unpaired) electrons. The first-order chi connectivity index (χ1) is 13.7. The highest BCUT2D eigenvalue weighted by Crippen LogP contribution is 2.25. The van der Waals surface area contributed by atoms with Crippen LogP contribution in [0.4, 0.5) is 4.79 Å². The molecular weight excluding hydrogens is 372 g/mol. The Morgan fingerprint density at radius 2 is 1.97 bits per heavy atom. The van der Waals surface area contributed by atoms with Crippen LogP contribution >= 0.6 is 0 Å². The molecule has 1 aromatic heterocycles. The Balaban J connectivity index is 1.67. The van der Waals surface area contributed by atoms with Gasteiger partial charge in [0.05, 0.1) is 24.3 Å². The lowest BCUT2D eigenvalue weighted by Crippen LogP contribution is -2.54. The molecule has 8 nitrogen and oxygen atoms in total. The summed E-state index contributed by atoms with van der Waals surface area (Å²) >= 11 is 0. The molecule has 0 saturated carbocycles. The van der Waals surface area contributed by atoms with Crippen molar-refractivity contribution in [1.29, 1.82) is 0 Å². The quantitative estimate of drug-likeness (QED) is 0.827. The maximum Gasteiger partial charge on any atom is 0.407 e. The van der Waals surface area contributed by atoms with Crippen LogP contribution in [0, 0.1) is 0 Å². The van der Waals surface area contributed by atoms with Crippen LogP contribution in [0.25, 0.3) is 11.0 Å². The standard InChI is InChI=1S/C21H30N4O4/c1-21(2,3)25(20(27)28)15-7-9-23(10-8-15)11-12-24-18-13-16(29-4)5-6-17(18)22-14-19(24)26/h5-6,13-15H,7-12H2,1-4H3,(H,27,28). The molecule has 2 heterocycles. The van der Waals surface area contributed by atoms with Gasteiger partial charge in [-0.25, -0.2) is 9.78 Å². The van der Waals surface area contributed by atoms with Gasteiger partial charge in [0.15, 0.2) is 0 Å². The van der Waals surface area contributed by atoms with E-state index >= 15 is 0 Å². The zero-order valence-corrected chi connectivity index (χ0v) is 17.6. The summed E-state index contributed by atoms with van der Waals surface area (Å²) in [6.45, 7) is 8.70. The predicted octanol–water partition coefficient (Wildman–Crippen LogP) is 2.65. The van der Waals surface area contributed by atoms with Gasteiger partial charge in [0.1, 0.15) is 5.75 Å². The van der Waals surface area contributed by atoms with Gasteiger partial charge >= 0.3 is 6.09 Å². The van der Waals surface area contributed by atoms with Gasteiger partial charge in [0.25, 0.3) is 5.56 Å². The second-order valence-corrected chi connectivity index (χ2v) is 8.50. The number of carbonyl (C=O) groups is 1. The van der Waals surface area contributed by atoms with Gasteiger partial charge in [0, 0.05) is 43.8 Å². The maximum absolute atomic E-state index is 12.4. The van der Waals surface area contributed by atoms with Gasteiger partial charge in [0.2, 0.25) is 0 Å². The number of aromatic nitrogens is 2. The first-order valence-electron chi connectivity index (χ1n) is 9.99. The lowest BCUT2D eigenvalue weighted by Gasteiger charge is -2.43. The molecule has 158 valence electrons. The van der Waals surface area contributed by atoms with Crippen LogP contribution in [0.3, 0.4) is 0 Å². The Hall–Kier alpha value is -2.61. The van der Waals surface area contributed by atoms with Crippen LogP contribution in [-0.4, -0.2) is 68.9 Å². The van der Waals surface area contributed by atoms with E-state index in [2.05, 4.69) is 9.88 Å². The summed E-state index contributed by atoms with van der Waals surface area (Å²) in [4.78, 5) is 32.2. The van der Waals surface area contributed by atoms with Crippen molar-refractivity contribution in [3.63, 3.8) is 0 Å². The van der Waals surface area contributed by atoms with Crippen molar-refractivity contribution in [2.45, 2.75) is 51.7 Å². The minimum absolute atomic E-state index is 0.0255. The lowest BCUT2D eigenvalue weighted by molar-refractivity contribution is 0.0417. The number of hydrogen-bond acceptors (Lipinski definition) is 5. The summed E-state index contributed by atoms with van der Waals surface area (Å²) in [7, 11) is 1.60. The third kappa shape index (κ3) is 4.70. The Morgan fingerprint density at radius 3 is 2.55 bits per heavy atom. The molecule has 1 aliphatic heterocycles. The van der Waals surface area contributed by atoms with E-state index in [0.29, 0.717) is 12.3 Å². The maximum atomic E-state index is 12.4. The number of likely N-dealkylation sites (tertiary alicyclic amines) is 1. The normalized spacial score (nSPS) is 16.1. The topological polar surface area (TPSA) is 87.9 Å². The second kappa shape index (κ2) is 8.41. The Labute approximate surface area is 170 Å². The molecule has 8 heteroatoms. The molecule has 1 amide bonds. The van der Waals surface area contributed by atoms with Crippen LogP contribution in [0.2, 0.25) is 0 Å². The molecule has 3 rings (SSSR count). The molecule has 0 aliphatic carbocycles. The van der Waals surface area contributed by atoms with E-state index in [-0.39, 0.29) is 11.6 Å². The van der Waals surface area contributed by atoms with Crippen LogP contribution < -0.4 is 10.3 Å². The van der Waals surface area contributed by atoms with Gasteiger partial charge in [-0.1, -0.05) is 0 Å². The van der Waals surface area contributed by atoms with Crippen molar-refractivity contribution in [3.8, 4) is 5.75 Å². The first kappa shape index (κ1) is 21.1. The fourth-order valence-corrected chi connectivity index (χ4v) is 4.13. The van der Waals surface area contributed by atoms with Gasteiger partial charge in [-0.3, -0.25) is 4.79 Å². The largest absolute Gasteiger partial charge is 0.497 e. The van der Waals surface area contributed by atoms with Crippen LogP contribution in [0.5, 0.6) is 5.75 Å². The van der Waals surface area contributed by atoms with Crippen molar-refractivity contribution in [3.05, 3.63) is 34.7 Å². The molecule has 1 saturated heterocycles. The predicted molar refractivity (Wildman–Crippen MR) is 112 cm³/mol. The van der Waals surface area contributed by atoms with Gasteiger partial charge in [-0.15, -0.1) is 0 Å². The molecule has 2 aromatic rings. The number of rotatable bonds is 5. The molecule has 1 N–H and O–H groups in total. The molecule has 29 heavy (non-hydrogen) atoms. The third-order valence-electron chi connectivity index (χ3n) is 5.54. The summed E-state index contributed by atoms with van der Waals surface area (Å²) in [6.07, 6.45) is 2.08. The summed E-state index contributed by atoms with van der Waals surface area (Å²) in [5.41, 5.74) is 0.967. The first-order valence-corrected chi connectivity index (χ1v) is 9.99. The number of fused-ring (bicyclic) bond motifs is 1. The number of methoxy groups -OCH3 is 1. The lowest BCUT2D eigenvalue weighted by atomic mass is 9.97. The summed E-state index contributed by atoms with van der Waals surface area (Å²) in [5, 5.41) is 9.61. The van der Waals surface area contributed by atoms with E-state index in [1.807, 2.05) is 39.0 Å². The number of piperidine rings is 1. The highest BCUT2D eigenvalue weighted by molar-refractivity contribution is 5.76.